The zero-order valence-electron chi connectivity index (χ0n) is 16.1. The molecule has 1 rings (SSSR count). The number of hydrogen-bond acceptors (Lipinski definition) is 6. The van der Waals surface area contributed by atoms with Gasteiger partial charge in [-0.25, -0.2) is 5.01 Å². The van der Waals surface area contributed by atoms with Crippen LogP contribution in [-0.2, 0) is 19.1 Å². The van der Waals surface area contributed by atoms with Gasteiger partial charge in [0.15, 0.2) is 0 Å². The second kappa shape index (κ2) is 10.5. The van der Waals surface area contributed by atoms with E-state index < -0.39 is 12.0 Å². The summed E-state index contributed by atoms with van der Waals surface area (Å²) in [5.41, 5.74) is 0.821. The second-order valence-electron chi connectivity index (χ2n) is 6.88. The average molecular weight is 385 g/mol. The Balaban J connectivity index is 3.01. The van der Waals surface area contributed by atoms with E-state index in [0.29, 0.717) is 5.02 Å². The van der Waals surface area contributed by atoms with Crippen LogP contribution in [0.2, 0.25) is 5.02 Å². The normalized spacial score (nSPS) is 13.8. The van der Waals surface area contributed by atoms with Gasteiger partial charge in [-0.05, 0) is 37.5 Å². The predicted octanol–water partition coefficient (Wildman–Crippen LogP) is 3.34. The van der Waals surface area contributed by atoms with Crippen LogP contribution >= 0.6 is 11.6 Å². The van der Waals surface area contributed by atoms with Gasteiger partial charge in [-0.2, -0.15) is 0 Å². The van der Waals surface area contributed by atoms with Gasteiger partial charge in [-0.15, -0.1) is 0 Å². The largest absolute Gasteiger partial charge is 0.469 e. The zero-order chi connectivity index (χ0) is 19.9. The van der Waals surface area contributed by atoms with Crippen molar-refractivity contribution in [2.24, 2.45) is 17.7 Å². The topological polar surface area (TPSA) is 81.9 Å². The van der Waals surface area contributed by atoms with Gasteiger partial charge in [-0.3, -0.25) is 15.4 Å². The molecule has 0 spiro atoms. The van der Waals surface area contributed by atoms with Gasteiger partial charge in [-0.1, -0.05) is 37.6 Å². The average Bonchev–Trinajstić information content (AvgIpc) is 2.56. The predicted molar refractivity (Wildman–Crippen MR) is 101 cm³/mol. The molecule has 0 saturated heterocycles. The first-order chi connectivity index (χ1) is 12.1. The van der Waals surface area contributed by atoms with E-state index in [-0.39, 0.29) is 36.9 Å². The maximum atomic E-state index is 12.4. The van der Waals surface area contributed by atoms with Crippen LogP contribution < -0.4 is 5.84 Å². The van der Waals surface area contributed by atoms with Crippen molar-refractivity contribution in [3.8, 4) is 0 Å². The van der Waals surface area contributed by atoms with Crippen molar-refractivity contribution in [1.29, 1.82) is 0 Å². The summed E-state index contributed by atoms with van der Waals surface area (Å²) in [5, 5.41) is 2.10. The van der Waals surface area contributed by atoms with Crippen LogP contribution in [0.1, 0.15) is 45.7 Å². The van der Waals surface area contributed by atoms with Gasteiger partial charge >= 0.3 is 11.9 Å². The molecule has 1 aromatic carbocycles. The Kier molecular flexibility index (Phi) is 9.05. The number of halogens is 1. The highest BCUT2D eigenvalue weighted by Gasteiger charge is 2.30. The lowest BCUT2D eigenvalue weighted by Crippen LogP contribution is -2.44. The van der Waals surface area contributed by atoms with Crippen LogP contribution in [0.15, 0.2) is 24.3 Å². The number of carbonyl (C=O) groups is 2. The highest BCUT2D eigenvalue weighted by Crippen LogP contribution is 2.26. The Labute approximate surface area is 160 Å². The maximum absolute atomic E-state index is 12.4. The molecule has 2 atom stereocenters. The molecule has 6 nitrogen and oxygen atoms in total. The number of hydrazine groups is 1. The maximum Gasteiger partial charge on any atom is 0.310 e. The lowest BCUT2D eigenvalue weighted by molar-refractivity contribution is -0.155. The summed E-state index contributed by atoms with van der Waals surface area (Å²) >= 11 is 5.95. The summed E-state index contributed by atoms with van der Waals surface area (Å²) in [5.74, 6) is 5.24. The van der Waals surface area contributed by atoms with Crippen LogP contribution in [0, 0.1) is 11.8 Å². The summed E-state index contributed by atoms with van der Waals surface area (Å²) in [7, 11) is 1.33. The first-order valence-corrected chi connectivity index (χ1v) is 9.07. The number of hydrogen-bond donors (Lipinski definition) is 1. The summed E-state index contributed by atoms with van der Waals surface area (Å²) in [4.78, 5) is 24.2. The molecule has 2 N–H and O–H groups in total. The molecule has 0 aliphatic heterocycles. The first-order valence-electron chi connectivity index (χ1n) is 8.69. The Bertz CT molecular complexity index is 590. The molecule has 1 aromatic rings. The highest BCUT2D eigenvalue weighted by molar-refractivity contribution is 6.30. The molecule has 2 unspecified atom stereocenters. The fourth-order valence-electron chi connectivity index (χ4n) is 2.58. The zero-order valence-corrected chi connectivity index (χ0v) is 16.8. The number of rotatable bonds is 9. The Morgan fingerprint density at radius 1 is 1.15 bits per heavy atom. The highest BCUT2D eigenvalue weighted by atomic mass is 35.5. The number of methoxy groups -OCH3 is 1. The van der Waals surface area contributed by atoms with Gasteiger partial charge in [0.05, 0.1) is 31.6 Å². The van der Waals surface area contributed by atoms with Crippen molar-refractivity contribution in [1.82, 2.24) is 5.01 Å². The minimum absolute atomic E-state index is 0.0382. The number of ether oxygens (including phenoxy) is 2. The quantitative estimate of drug-likeness (QED) is 0.399. The fourth-order valence-corrected chi connectivity index (χ4v) is 2.71. The van der Waals surface area contributed by atoms with Crippen LogP contribution in [0.4, 0.5) is 0 Å². The first kappa shape index (κ1) is 22.4. The molecule has 26 heavy (non-hydrogen) atoms. The van der Waals surface area contributed by atoms with Crippen molar-refractivity contribution < 1.29 is 19.1 Å². The Morgan fingerprint density at radius 3 is 2.19 bits per heavy atom. The van der Waals surface area contributed by atoms with Crippen molar-refractivity contribution in [3.05, 3.63) is 34.9 Å². The van der Waals surface area contributed by atoms with Crippen LogP contribution in [0.25, 0.3) is 0 Å². The molecule has 0 aliphatic carbocycles. The van der Waals surface area contributed by atoms with E-state index in [2.05, 4.69) is 0 Å². The molecular formula is C19H29ClN2O4. The number of nitrogens with zero attached hydrogens (tertiary/aromatic N) is 1. The van der Waals surface area contributed by atoms with Gasteiger partial charge in [0.25, 0.3) is 0 Å². The molecule has 146 valence electrons. The second-order valence-corrected chi connectivity index (χ2v) is 7.32. The molecule has 0 radical (unpaired) electrons. The van der Waals surface area contributed by atoms with Gasteiger partial charge in [0.1, 0.15) is 0 Å². The summed E-state index contributed by atoms with van der Waals surface area (Å²) in [6.07, 6.45) is -0.129. The lowest BCUT2D eigenvalue weighted by atomic mass is 9.94. The van der Waals surface area contributed by atoms with E-state index >= 15 is 0 Å². The smallest absolute Gasteiger partial charge is 0.310 e. The van der Waals surface area contributed by atoms with Crippen LogP contribution in [0.5, 0.6) is 0 Å². The Hall–Kier alpha value is -1.63. The van der Waals surface area contributed by atoms with Crippen molar-refractivity contribution in [2.45, 2.75) is 46.3 Å². The molecule has 0 amide bonds. The monoisotopic (exact) mass is 384 g/mol. The SMILES string of the molecule is COC(=O)CC(c1ccc(Cl)cc1)N(N)CC(C(=O)OC(C)C)C(C)C. The lowest BCUT2D eigenvalue weighted by Gasteiger charge is -2.31. The third-order valence-corrected chi connectivity index (χ3v) is 4.36. The third kappa shape index (κ3) is 6.94. The fraction of sp³-hybridized carbons (Fsp3) is 0.579. The van der Waals surface area contributed by atoms with Crippen LogP contribution in [0.3, 0.4) is 0 Å². The van der Waals surface area contributed by atoms with E-state index in [1.807, 2.05) is 39.8 Å². The molecule has 0 fully saturated rings. The van der Waals surface area contributed by atoms with Crippen molar-refractivity contribution in [2.75, 3.05) is 13.7 Å². The Morgan fingerprint density at radius 2 is 1.73 bits per heavy atom. The summed E-state index contributed by atoms with van der Waals surface area (Å²) in [6, 6.07) is 6.66. The van der Waals surface area contributed by atoms with E-state index in [9.17, 15) is 9.59 Å². The molecule has 0 heterocycles. The van der Waals surface area contributed by atoms with Crippen molar-refractivity contribution >= 4 is 23.5 Å². The van der Waals surface area contributed by atoms with E-state index in [1.54, 1.807) is 12.1 Å². The number of nitrogens with two attached hydrogens (primary N) is 1. The molecule has 7 heteroatoms. The summed E-state index contributed by atoms with van der Waals surface area (Å²) < 4.78 is 10.1. The third-order valence-electron chi connectivity index (χ3n) is 4.11. The number of esters is 2. The van der Waals surface area contributed by atoms with E-state index in [4.69, 9.17) is 26.9 Å². The number of carbonyl (C=O) groups excluding carboxylic acids is 2. The number of benzene rings is 1. The molecule has 0 saturated carbocycles. The molecule has 0 aromatic heterocycles. The molecule has 0 bridgehead atoms. The van der Waals surface area contributed by atoms with Gasteiger partial charge in [0, 0.05) is 11.6 Å². The van der Waals surface area contributed by atoms with Crippen molar-refractivity contribution in [3.63, 3.8) is 0 Å². The molecular weight excluding hydrogens is 356 g/mol. The minimum atomic E-state index is -0.437. The summed E-state index contributed by atoms with van der Waals surface area (Å²) in [6.45, 7) is 7.76. The van der Waals surface area contributed by atoms with Crippen LogP contribution in [-0.4, -0.2) is 36.7 Å². The minimum Gasteiger partial charge on any atom is -0.469 e. The van der Waals surface area contributed by atoms with E-state index in [0.717, 1.165) is 5.56 Å². The van der Waals surface area contributed by atoms with Gasteiger partial charge < -0.3 is 9.47 Å². The standard InChI is InChI=1S/C19H29ClN2O4/c1-12(2)16(19(24)26-13(3)4)11-22(21)17(10-18(23)25-5)14-6-8-15(20)9-7-14/h6-9,12-13,16-17H,10-11,21H2,1-5H3. The molecule has 0 aliphatic rings. The van der Waals surface area contributed by atoms with Gasteiger partial charge in [0.2, 0.25) is 0 Å². The van der Waals surface area contributed by atoms with E-state index in [1.165, 1.54) is 12.1 Å².